The van der Waals surface area contributed by atoms with E-state index in [0.29, 0.717) is 17.4 Å². The molecule has 0 saturated heterocycles. The van der Waals surface area contributed by atoms with Gasteiger partial charge in [-0.1, -0.05) is 32.9 Å². The van der Waals surface area contributed by atoms with Gasteiger partial charge in [0.25, 0.3) is 0 Å². The second kappa shape index (κ2) is 12.8. The quantitative estimate of drug-likeness (QED) is 0.188. The summed E-state index contributed by atoms with van der Waals surface area (Å²) in [5.74, 6) is -0.700. The highest BCUT2D eigenvalue weighted by molar-refractivity contribution is 6.04. The molecule has 0 spiro atoms. The number of aromatic nitrogens is 3. The molecule has 1 aromatic carbocycles. The molecule has 0 aliphatic heterocycles. The van der Waals surface area contributed by atoms with Gasteiger partial charge >= 0.3 is 17.9 Å². The minimum absolute atomic E-state index is 0.0660. The Labute approximate surface area is 246 Å². The fourth-order valence-electron chi connectivity index (χ4n) is 6.31. The first-order valence-electron chi connectivity index (χ1n) is 14.4. The molecule has 2 atom stereocenters. The maximum atomic E-state index is 13.9. The Balaban J connectivity index is 1.83. The second-order valence-electron chi connectivity index (χ2n) is 11.8. The summed E-state index contributed by atoms with van der Waals surface area (Å²) >= 11 is 0. The largest absolute Gasteiger partial charge is 0.469 e. The number of fused-ring (bicyclic) bond motifs is 1. The third kappa shape index (κ3) is 6.35. The number of ether oxygens (including phenoxy) is 3. The zero-order chi connectivity index (χ0) is 30.7. The zero-order valence-corrected chi connectivity index (χ0v) is 25.4. The van der Waals surface area contributed by atoms with Crippen molar-refractivity contribution in [3.05, 3.63) is 52.0 Å². The number of benzene rings is 1. The lowest BCUT2D eigenvalue weighted by molar-refractivity contribution is -0.144. The van der Waals surface area contributed by atoms with Gasteiger partial charge in [-0.05, 0) is 74.0 Å². The maximum Gasteiger partial charge on any atom is 0.331 e. The van der Waals surface area contributed by atoms with Crippen molar-refractivity contribution in [3.63, 3.8) is 0 Å². The Kier molecular flexibility index (Phi) is 9.40. The van der Waals surface area contributed by atoms with Gasteiger partial charge < -0.3 is 14.2 Å². The van der Waals surface area contributed by atoms with Crippen molar-refractivity contribution in [2.75, 3.05) is 14.2 Å². The highest BCUT2D eigenvalue weighted by Crippen LogP contribution is 2.39. The molecule has 0 radical (unpaired) electrons. The standard InChI is InChI=1S/C32H40N4O6/c1-17-11-20(4)29(21(5)12-17)42-32(39)27-28(33-6)24(14-22(15-25(37)40-7)16-26(38)41-8)36-31(27)34-30(35-36)23-10-9-18(2)19(3)13-23/h9-10,13,17,20-22,29H,11-12,14-16H2,1-5,7-8H3,(H,34,35). The van der Waals surface area contributed by atoms with E-state index in [1.54, 1.807) is 4.52 Å². The van der Waals surface area contributed by atoms with Crippen molar-refractivity contribution in [2.24, 2.45) is 23.7 Å². The van der Waals surface area contributed by atoms with Crippen LogP contribution >= 0.6 is 0 Å². The van der Waals surface area contributed by atoms with Crippen molar-refractivity contribution in [1.29, 1.82) is 0 Å². The summed E-state index contributed by atoms with van der Waals surface area (Å²) in [6, 6.07) is 5.95. The number of hydrogen-bond acceptors (Lipinski definition) is 7. The number of esters is 3. The van der Waals surface area contributed by atoms with E-state index in [9.17, 15) is 14.4 Å². The van der Waals surface area contributed by atoms with Crippen LogP contribution in [-0.4, -0.2) is 52.8 Å². The van der Waals surface area contributed by atoms with E-state index in [4.69, 9.17) is 25.8 Å². The van der Waals surface area contributed by atoms with Crippen LogP contribution in [-0.2, 0) is 30.2 Å². The van der Waals surface area contributed by atoms with E-state index >= 15 is 0 Å². The van der Waals surface area contributed by atoms with E-state index in [0.717, 1.165) is 29.5 Å². The topological polar surface area (TPSA) is 116 Å². The number of carbonyl (C=O) groups excluding carboxylic acids is 3. The highest BCUT2D eigenvalue weighted by Gasteiger charge is 2.37. The molecule has 1 saturated carbocycles. The van der Waals surface area contributed by atoms with Crippen molar-refractivity contribution in [3.8, 4) is 11.4 Å². The summed E-state index contributed by atoms with van der Waals surface area (Å²) < 4.78 is 17.5. The van der Waals surface area contributed by atoms with Crippen LogP contribution in [0.25, 0.3) is 21.9 Å². The van der Waals surface area contributed by atoms with Crippen LogP contribution in [0.1, 0.15) is 73.6 Å². The van der Waals surface area contributed by atoms with Crippen LogP contribution in [0.5, 0.6) is 0 Å². The molecule has 1 fully saturated rings. The number of aryl methyl sites for hydroxylation is 2. The minimum Gasteiger partial charge on any atom is -0.469 e. The lowest BCUT2D eigenvalue weighted by atomic mass is 9.75. The van der Waals surface area contributed by atoms with Gasteiger partial charge in [0, 0.05) is 18.4 Å². The average molecular weight is 577 g/mol. The van der Waals surface area contributed by atoms with Crippen molar-refractivity contribution < 1.29 is 28.6 Å². The third-order valence-corrected chi connectivity index (χ3v) is 8.51. The summed E-state index contributed by atoms with van der Waals surface area (Å²) in [4.78, 5) is 46.9. The van der Waals surface area contributed by atoms with Crippen LogP contribution < -0.4 is 0 Å². The molecular weight excluding hydrogens is 536 g/mol. The minimum atomic E-state index is -0.598. The number of carbonyl (C=O) groups is 3. The molecule has 10 heteroatoms. The van der Waals surface area contributed by atoms with Crippen molar-refractivity contribution in [2.45, 2.75) is 72.8 Å². The molecule has 2 unspecified atom stereocenters. The Morgan fingerprint density at radius 3 is 2.21 bits per heavy atom. The number of nitrogens with one attached hydrogen (secondary N) is 1. The smallest absolute Gasteiger partial charge is 0.331 e. The number of H-pyrrole nitrogens is 1. The molecule has 1 aliphatic carbocycles. The van der Waals surface area contributed by atoms with Crippen LogP contribution in [0.2, 0.25) is 0 Å². The van der Waals surface area contributed by atoms with E-state index < -0.39 is 23.8 Å². The molecule has 10 nitrogen and oxygen atoms in total. The van der Waals surface area contributed by atoms with Gasteiger partial charge in [0.1, 0.15) is 11.7 Å². The van der Waals surface area contributed by atoms with E-state index in [2.05, 4.69) is 30.7 Å². The van der Waals surface area contributed by atoms with E-state index in [-0.39, 0.29) is 54.1 Å². The molecule has 2 aromatic heterocycles. The van der Waals surface area contributed by atoms with E-state index in [1.807, 2.05) is 32.0 Å². The second-order valence-corrected chi connectivity index (χ2v) is 11.8. The Bertz CT molecular complexity index is 1500. The lowest BCUT2D eigenvalue weighted by Crippen LogP contribution is -2.37. The number of hydrogen-bond donors (Lipinski definition) is 1. The predicted molar refractivity (Wildman–Crippen MR) is 157 cm³/mol. The van der Waals surface area contributed by atoms with Gasteiger partial charge in [0.05, 0.1) is 26.5 Å². The fourth-order valence-corrected chi connectivity index (χ4v) is 6.31. The first kappa shape index (κ1) is 30.8. The van der Waals surface area contributed by atoms with Gasteiger partial charge in [-0.3, -0.25) is 19.2 Å². The third-order valence-electron chi connectivity index (χ3n) is 8.51. The molecule has 1 aliphatic rings. The molecule has 4 rings (SSSR count). The normalized spacial score (nSPS) is 20.4. The highest BCUT2D eigenvalue weighted by atomic mass is 16.5. The first-order valence-corrected chi connectivity index (χ1v) is 14.4. The molecule has 42 heavy (non-hydrogen) atoms. The van der Waals surface area contributed by atoms with Crippen LogP contribution in [0, 0.1) is 44.1 Å². The zero-order valence-electron chi connectivity index (χ0n) is 25.4. The number of aromatic amines is 1. The van der Waals surface area contributed by atoms with Crippen LogP contribution in [0.15, 0.2) is 18.2 Å². The average Bonchev–Trinajstić information content (AvgIpc) is 3.49. The Hall–Kier alpha value is -4.13. The van der Waals surface area contributed by atoms with E-state index in [1.165, 1.54) is 14.2 Å². The summed E-state index contributed by atoms with van der Waals surface area (Å²) in [6.45, 7) is 18.5. The summed E-state index contributed by atoms with van der Waals surface area (Å²) in [6.07, 6.45) is 1.62. The monoisotopic (exact) mass is 576 g/mol. The van der Waals surface area contributed by atoms with Gasteiger partial charge in [-0.15, -0.1) is 0 Å². The molecule has 0 amide bonds. The summed E-state index contributed by atoms with van der Waals surface area (Å²) in [5, 5.41) is 3.27. The first-order chi connectivity index (χ1) is 20.0. The lowest BCUT2D eigenvalue weighted by Gasteiger charge is -2.37. The molecule has 2 heterocycles. The number of methoxy groups -OCH3 is 2. The molecule has 1 N–H and O–H groups in total. The predicted octanol–water partition coefficient (Wildman–Crippen LogP) is 6.01. The van der Waals surface area contributed by atoms with Gasteiger partial charge in [0.2, 0.25) is 5.69 Å². The summed E-state index contributed by atoms with van der Waals surface area (Å²) in [7, 11) is 2.56. The molecule has 3 aromatic rings. The molecular formula is C32H40N4O6. The van der Waals surface area contributed by atoms with Crippen molar-refractivity contribution >= 4 is 29.2 Å². The number of nitrogens with zero attached hydrogens (tertiary/aromatic N) is 3. The summed E-state index contributed by atoms with van der Waals surface area (Å²) in [5.41, 5.74) is 3.92. The molecule has 224 valence electrons. The van der Waals surface area contributed by atoms with Crippen molar-refractivity contribution in [1.82, 2.24) is 14.6 Å². The SMILES string of the molecule is [C-]#[N+]c1c(C(=O)OC2C(C)CC(C)CC2C)c2nc(-c3ccc(C)c(C)c3)[nH]n2c1CC(CC(=O)OC)CC(=O)OC. The maximum absolute atomic E-state index is 13.9. The van der Waals surface area contributed by atoms with Gasteiger partial charge in [-0.25, -0.2) is 14.6 Å². The fraction of sp³-hybridized carbons (Fsp3) is 0.531. The Morgan fingerprint density at radius 1 is 1.05 bits per heavy atom. The van der Waals surface area contributed by atoms with Crippen LogP contribution in [0.4, 0.5) is 5.69 Å². The molecule has 0 bridgehead atoms. The van der Waals surface area contributed by atoms with Crippen LogP contribution in [0.3, 0.4) is 0 Å². The van der Waals surface area contributed by atoms with Gasteiger partial charge in [0.15, 0.2) is 11.5 Å². The van der Waals surface area contributed by atoms with Gasteiger partial charge in [-0.2, -0.15) is 0 Å². The number of rotatable bonds is 9. The Morgan fingerprint density at radius 2 is 1.67 bits per heavy atom.